The van der Waals surface area contributed by atoms with Gasteiger partial charge in [0.25, 0.3) is 0 Å². The molecule has 3 aliphatic carbocycles. The summed E-state index contributed by atoms with van der Waals surface area (Å²) in [6, 6.07) is 77.3. The summed E-state index contributed by atoms with van der Waals surface area (Å²) in [7, 11) is -0.548. The lowest BCUT2D eigenvalue weighted by molar-refractivity contribution is 0.0484. The molecule has 13 rings (SSSR count). The predicted octanol–water partition coefficient (Wildman–Crippen LogP) is 15.5. The Bertz CT molecular complexity index is 3880. The molecule has 0 saturated carbocycles. The summed E-state index contributed by atoms with van der Waals surface area (Å²) in [5.41, 5.74) is 18.7. The summed E-state index contributed by atoms with van der Waals surface area (Å²) < 4.78 is 20.1. The first-order valence-electron chi connectivity index (χ1n) is 28.1. The lowest BCUT2D eigenvalue weighted by Crippen LogP contribution is -2.50. The van der Waals surface area contributed by atoms with E-state index in [1.165, 1.54) is 94.2 Å². The molecule has 0 spiro atoms. The average Bonchev–Trinajstić information content (AvgIpc) is 2.37. The number of hydrogen-bond acceptors (Lipinski definition) is 4. The third-order valence-corrected chi connectivity index (χ3v) is 17.6. The lowest BCUT2D eigenvalue weighted by atomic mass is 9.50. The topological polar surface area (TPSA) is 47.9 Å². The Kier molecular flexibility index (Phi) is 12.0. The second-order valence-corrected chi connectivity index (χ2v) is 23.8. The van der Waals surface area contributed by atoms with Gasteiger partial charge in [0, 0.05) is 17.8 Å². The van der Waals surface area contributed by atoms with Gasteiger partial charge in [-0.1, -0.05) is 196 Å². The fourth-order valence-electron chi connectivity index (χ4n) is 13.6. The molecule has 0 radical (unpaired) electrons. The fourth-order valence-corrected chi connectivity index (χ4v) is 13.6. The van der Waals surface area contributed by atoms with Crippen LogP contribution >= 0.6 is 0 Å². The summed E-state index contributed by atoms with van der Waals surface area (Å²) in [6.07, 6.45) is 0. The maximum absolute atomic E-state index is 11.6. The van der Waals surface area contributed by atoms with Gasteiger partial charge in [0.1, 0.15) is 0 Å². The Morgan fingerprint density at radius 1 is 0.423 bits per heavy atom. The number of aliphatic hydroxyl groups excluding tert-OH is 1. The third-order valence-electron chi connectivity index (χ3n) is 17.6. The molecule has 0 aliphatic heterocycles. The molecule has 1 N–H and O–H groups in total. The van der Waals surface area contributed by atoms with Crippen LogP contribution < -0.4 is 10.9 Å². The van der Waals surface area contributed by atoms with E-state index in [4.69, 9.17) is 14.0 Å². The van der Waals surface area contributed by atoms with Gasteiger partial charge < -0.3 is 19.1 Å². The van der Waals surface area contributed by atoms with Gasteiger partial charge >= 0.3 is 14.0 Å². The van der Waals surface area contributed by atoms with Crippen LogP contribution in [0.25, 0.3) is 66.1 Å². The zero-order chi connectivity index (χ0) is 53.9. The summed E-state index contributed by atoms with van der Waals surface area (Å²) in [4.78, 5) is 0. The molecular formula is C72H66B2O4. The molecule has 0 fully saturated rings. The minimum Gasteiger partial charge on any atom is -0.424 e. The molecular weight excluding hydrogens is 950 g/mol. The van der Waals surface area contributed by atoms with Gasteiger partial charge in [-0.05, 0) is 200 Å². The van der Waals surface area contributed by atoms with Crippen molar-refractivity contribution in [2.24, 2.45) is 5.92 Å². The quantitative estimate of drug-likeness (QED) is 0.117. The van der Waals surface area contributed by atoms with Crippen LogP contribution in [-0.4, -0.2) is 43.0 Å². The van der Waals surface area contributed by atoms with Crippen molar-refractivity contribution < 1.29 is 19.1 Å². The van der Waals surface area contributed by atoms with E-state index in [0.29, 0.717) is 6.61 Å². The van der Waals surface area contributed by atoms with E-state index in [1.807, 2.05) is 13.8 Å². The molecule has 0 amide bonds. The van der Waals surface area contributed by atoms with Gasteiger partial charge in [-0.15, -0.1) is 0 Å². The van der Waals surface area contributed by atoms with Crippen LogP contribution in [0.1, 0.15) is 107 Å². The zero-order valence-electron chi connectivity index (χ0n) is 46.3. The van der Waals surface area contributed by atoms with Crippen molar-refractivity contribution in [3.05, 3.63) is 251 Å². The van der Waals surface area contributed by atoms with Gasteiger partial charge in [0.05, 0.1) is 16.8 Å². The molecule has 1 unspecified atom stereocenters. The SMILES string of the molecule is CCOB(OC(C)(C)C)c1cc2c3c(cccc3c1)-c1cc3c(cc1-2)C(c1ccccc1)(c1ccccc1)c1cc2c(cc1C3(c1ccccc1)c1ccccc1)-c1cc(B(OC(C)(C)C(C)C)C(C)O)cc3cccc-2c13. The van der Waals surface area contributed by atoms with Crippen LogP contribution in [0.3, 0.4) is 0 Å². The predicted molar refractivity (Wildman–Crippen MR) is 325 cm³/mol. The Balaban J connectivity index is 1.19. The molecule has 4 nitrogen and oxygen atoms in total. The molecule has 10 aromatic rings. The first kappa shape index (κ1) is 50.2. The number of rotatable bonds is 13. The van der Waals surface area contributed by atoms with Crippen molar-refractivity contribution in [2.75, 3.05) is 6.61 Å². The molecule has 3 aliphatic rings. The maximum atomic E-state index is 11.6. The summed E-state index contributed by atoms with van der Waals surface area (Å²) in [5.74, 6) is 0.233. The second-order valence-electron chi connectivity index (χ2n) is 23.8. The number of aliphatic hydroxyl groups is 1. The van der Waals surface area contributed by atoms with Crippen LogP contribution in [0.4, 0.5) is 0 Å². The summed E-state index contributed by atoms with van der Waals surface area (Å²) in [6.45, 7) is 18.8. The molecule has 0 aromatic heterocycles. The molecule has 0 saturated heterocycles. The van der Waals surface area contributed by atoms with Crippen molar-refractivity contribution in [2.45, 2.75) is 90.3 Å². The first-order valence-corrected chi connectivity index (χ1v) is 28.1. The highest BCUT2D eigenvalue weighted by Gasteiger charge is 2.55. The van der Waals surface area contributed by atoms with Crippen molar-refractivity contribution in [3.63, 3.8) is 0 Å². The molecule has 1 atom stereocenters. The highest BCUT2D eigenvalue weighted by atomic mass is 16.6. The first-order chi connectivity index (χ1) is 37.6. The van der Waals surface area contributed by atoms with Crippen molar-refractivity contribution in [1.29, 1.82) is 0 Å². The second kappa shape index (κ2) is 18.7. The van der Waals surface area contributed by atoms with Crippen LogP contribution in [0.2, 0.25) is 0 Å². The van der Waals surface area contributed by atoms with Gasteiger partial charge in [0.2, 0.25) is 0 Å². The Labute approximate surface area is 461 Å². The highest BCUT2D eigenvalue weighted by molar-refractivity contribution is 6.69. The maximum Gasteiger partial charge on any atom is 0.494 e. The van der Waals surface area contributed by atoms with E-state index in [9.17, 15) is 5.11 Å². The van der Waals surface area contributed by atoms with Gasteiger partial charge in [-0.3, -0.25) is 0 Å². The van der Waals surface area contributed by atoms with Crippen LogP contribution in [0.15, 0.2) is 206 Å². The van der Waals surface area contributed by atoms with E-state index in [0.717, 1.165) is 27.3 Å². The van der Waals surface area contributed by atoms with Crippen molar-refractivity contribution >= 4 is 46.5 Å². The number of hydrogen-bond donors (Lipinski definition) is 1. The van der Waals surface area contributed by atoms with E-state index in [1.54, 1.807) is 0 Å². The Morgan fingerprint density at radius 2 is 0.795 bits per heavy atom. The standard InChI is InChI=1S/C72H66B2O4/c1-10-76-74(77-69(5,6)7)54-38-48-26-24-36-56-58-42-64-66(44-60(58)62(40-54)68(48)56)72(51-31-19-13-20-32-51,52-33-21-14-22-34-52)63-41-57-55-35-23-25-47-37-53(73(46(4)75)78-70(8,9)45(2)3)39-61(67(47)55)59(57)43-65(63)71(64,49-27-15-11-16-28-49)50-29-17-12-18-30-50/h11-46,75H,10H2,1-9H3. The van der Waals surface area contributed by atoms with E-state index >= 15 is 0 Å². The zero-order valence-corrected chi connectivity index (χ0v) is 46.3. The van der Waals surface area contributed by atoms with Crippen LogP contribution in [-0.2, 0) is 24.8 Å². The Morgan fingerprint density at radius 3 is 1.15 bits per heavy atom. The normalized spacial score (nSPS) is 14.8. The highest BCUT2D eigenvalue weighted by Crippen LogP contribution is 2.64. The lowest BCUT2D eigenvalue weighted by Gasteiger charge is -2.51. The van der Waals surface area contributed by atoms with E-state index in [-0.39, 0.29) is 5.92 Å². The van der Waals surface area contributed by atoms with Crippen molar-refractivity contribution in [1.82, 2.24) is 0 Å². The van der Waals surface area contributed by atoms with Gasteiger partial charge in [-0.25, -0.2) is 0 Å². The monoisotopic (exact) mass is 1020 g/mol. The van der Waals surface area contributed by atoms with Crippen LogP contribution in [0.5, 0.6) is 0 Å². The minimum atomic E-state index is -0.823. The summed E-state index contributed by atoms with van der Waals surface area (Å²) in [5, 5.41) is 16.4. The molecule has 384 valence electrons. The minimum absolute atomic E-state index is 0.233. The largest absolute Gasteiger partial charge is 0.494 e. The fraction of sp³-hybridized carbons (Fsp3) is 0.222. The Hall–Kier alpha value is -7.31. The number of benzene rings is 10. The molecule has 0 bridgehead atoms. The van der Waals surface area contributed by atoms with E-state index < -0.39 is 42.1 Å². The molecule has 10 aromatic carbocycles. The smallest absolute Gasteiger partial charge is 0.424 e. The molecule has 6 heteroatoms. The van der Waals surface area contributed by atoms with Crippen molar-refractivity contribution in [3.8, 4) is 44.5 Å². The van der Waals surface area contributed by atoms with Gasteiger partial charge in [0.15, 0.2) is 0 Å². The van der Waals surface area contributed by atoms with Crippen LogP contribution in [0, 0.1) is 5.92 Å². The third kappa shape index (κ3) is 7.59. The molecule has 0 heterocycles. The number of fused-ring (bicyclic) bond motifs is 8. The average molecular weight is 1020 g/mol. The summed E-state index contributed by atoms with van der Waals surface area (Å²) >= 11 is 0. The molecule has 78 heavy (non-hydrogen) atoms. The van der Waals surface area contributed by atoms with E-state index in [2.05, 4.69) is 255 Å². The van der Waals surface area contributed by atoms with Gasteiger partial charge in [-0.2, -0.15) is 0 Å².